The average molecular weight is 415 g/mol. The molecule has 3 rings (SSSR count). The molecule has 0 saturated carbocycles. The molecule has 0 aliphatic carbocycles. The minimum Gasteiger partial charge on any atom is -0.457 e. The van der Waals surface area contributed by atoms with Gasteiger partial charge < -0.3 is 9.15 Å². The Morgan fingerprint density at radius 2 is 1.76 bits per heavy atom. The minimum absolute atomic E-state index is 0.0810. The molecule has 0 radical (unpaired) electrons. The molecule has 29 heavy (non-hydrogen) atoms. The van der Waals surface area contributed by atoms with E-state index in [0.29, 0.717) is 16.5 Å². The van der Waals surface area contributed by atoms with Gasteiger partial charge in [0.25, 0.3) is 0 Å². The van der Waals surface area contributed by atoms with Crippen molar-refractivity contribution in [3.63, 3.8) is 0 Å². The summed E-state index contributed by atoms with van der Waals surface area (Å²) in [6.45, 7) is 1.89. The van der Waals surface area contributed by atoms with Crippen LogP contribution in [0.25, 0.3) is 11.0 Å². The average Bonchev–Trinajstić information content (AvgIpc) is 2.71. The van der Waals surface area contributed by atoms with E-state index in [9.17, 15) is 18.0 Å². The maximum absolute atomic E-state index is 12.4. The van der Waals surface area contributed by atoms with Gasteiger partial charge in [-0.1, -0.05) is 19.1 Å². The van der Waals surface area contributed by atoms with E-state index in [0.717, 1.165) is 16.3 Å². The maximum Gasteiger partial charge on any atom is 0.338 e. The molecule has 0 fully saturated rings. The molecule has 0 bridgehead atoms. The van der Waals surface area contributed by atoms with Crippen molar-refractivity contribution in [1.82, 2.24) is 4.31 Å². The van der Waals surface area contributed by atoms with E-state index in [1.165, 1.54) is 44.4 Å². The highest BCUT2D eigenvalue weighted by molar-refractivity contribution is 7.89. The zero-order valence-electron chi connectivity index (χ0n) is 16.3. The molecule has 152 valence electrons. The van der Waals surface area contributed by atoms with Crippen LogP contribution in [-0.2, 0) is 27.8 Å². The molecule has 0 spiro atoms. The largest absolute Gasteiger partial charge is 0.457 e. The molecule has 8 heteroatoms. The van der Waals surface area contributed by atoms with Crippen LogP contribution in [0.15, 0.2) is 62.6 Å². The van der Waals surface area contributed by atoms with E-state index in [1.807, 2.05) is 19.1 Å². The van der Waals surface area contributed by atoms with Crippen molar-refractivity contribution >= 4 is 27.0 Å². The molecule has 2 aromatic carbocycles. The SMILES string of the molecule is CCc1ccc2c(COC(=O)c3ccc(S(=O)(=O)N(C)C)cc3)cc(=O)oc2c1. The van der Waals surface area contributed by atoms with Gasteiger partial charge in [-0.25, -0.2) is 22.3 Å². The van der Waals surface area contributed by atoms with Crippen LogP contribution in [0.5, 0.6) is 0 Å². The van der Waals surface area contributed by atoms with Crippen LogP contribution in [0.2, 0.25) is 0 Å². The van der Waals surface area contributed by atoms with Crippen LogP contribution < -0.4 is 5.63 Å². The maximum atomic E-state index is 12.4. The number of fused-ring (bicyclic) bond motifs is 1. The fourth-order valence-electron chi connectivity index (χ4n) is 2.81. The van der Waals surface area contributed by atoms with Gasteiger partial charge in [0.2, 0.25) is 10.0 Å². The lowest BCUT2D eigenvalue weighted by Crippen LogP contribution is -2.22. The van der Waals surface area contributed by atoms with Crippen LogP contribution in [0.4, 0.5) is 0 Å². The topological polar surface area (TPSA) is 93.9 Å². The zero-order chi connectivity index (χ0) is 21.2. The van der Waals surface area contributed by atoms with Gasteiger partial charge in [-0.2, -0.15) is 0 Å². The molecule has 0 aliphatic heterocycles. The summed E-state index contributed by atoms with van der Waals surface area (Å²) < 4.78 is 35.9. The molecule has 0 atom stereocenters. The van der Waals surface area contributed by atoms with Crippen LogP contribution in [0.1, 0.15) is 28.4 Å². The van der Waals surface area contributed by atoms with E-state index in [2.05, 4.69) is 0 Å². The lowest BCUT2D eigenvalue weighted by Gasteiger charge is -2.11. The van der Waals surface area contributed by atoms with E-state index in [-0.39, 0.29) is 17.1 Å². The van der Waals surface area contributed by atoms with Gasteiger partial charge >= 0.3 is 11.6 Å². The number of carbonyl (C=O) groups is 1. The van der Waals surface area contributed by atoms with Crippen molar-refractivity contribution in [2.45, 2.75) is 24.8 Å². The second-order valence-corrected chi connectivity index (χ2v) is 8.81. The Labute approximate surface area is 168 Å². The first-order valence-corrected chi connectivity index (χ1v) is 10.4. The number of ether oxygens (including phenoxy) is 1. The Balaban J connectivity index is 1.80. The third-order valence-electron chi connectivity index (χ3n) is 4.53. The number of hydrogen-bond acceptors (Lipinski definition) is 6. The fourth-order valence-corrected chi connectivity index (χ4v) is 3.72. The lowest BCUT2D eigenvalue weighted by atomic mass is 10.1. The monoisotopic (exact) mass is 415 g/mol. The fraction of sp³-hybridized carbons (Fsp3) is 0.238. The van der Waals surface area contributed by atoms with E-state index in [4.69, 9.17) is 9.15 Å². The van der Waals surface area contributed by atoms with Gasteiger partial charge in [0.1, 0.15) is 12.2 Å². The summed E-state index contributed by atoms with van der Waals surface area (Å²) >= 11 is 0. The van der Waals surface area contributed by atoms with Crippen molar-refractivity contribution in [2.75, 3.05) is 14.1 Å². The Bertz CT molecular complexity index is 1210. The van der Waals surface area contributed by atoms with Gasteiger partial charge in [-0.05, 0) is 42.3 Å². The number of aryl methyl sites for hydroxylation is 1. The van der Waals surface area contributed by atoms with Crippen molar-refractivity contribution in [2.24, 2.45) is 0 Å². The normalized spacial score (nSPS) is 11.7. The molecular formula is C21H21NO6S. The third-order valence-corrected chi connectivity index (χ3v) is 6.36. The van der Waals surface area contributed by atoms with E-state index in [1.54, 1.807) is 6.07 Å². The van der Waals surface area contributed by atoms with Crippen molar-refractivity contribution in [3.05, 3.63) is 75.6 Å². The predicted molar refractivity (Wildman–Crippen MR) is 108 cm³/mol. The van der Waals surface area contributed by atoms with Crippen molar-refractivity contribution in [1.29, 1.82) is 0 Å². The highest BCUT2D eigenvalue weighted by Gasteiger charge is 2.18. The van der Waals surface area contributed by atoms with Gasteiger partial charge in [-0.15, -0.1) is 0 Å². The second kappa shape index (κ2) is 8.18. The number of hydrogen-bond donors (Lipinski definition) is 0. The Kier molecular flexibility index (Phi) is 5.86. The molecule has 0 aliphatic rings. The van der Waals surface area contributed by atoms with E-state index >= 15 is 0 Å². The van der Waals surface area contributed by atoms with Crippen LogP contribution >= 0.6 is 0 Å². The standard InChI is InChI=1S/C21H21NO6S/c1-4-14-5-10-18-16(12-20(23)28-19(18)11-14)13-27-21(24)15-6-8-17(9-7-15)29(25,26)22(2)3/h5-12H,4,13H2,1-3H3. The zero-order valence-corrected chi connectivity index (χ0v) is 17.2. The predicted octanol–water partition coefficient (Wildman–Crippen LogP) is 2.96. The van der Waals surface area contributed by atoms with Crippen molar-refractivity contribution < 1.29 is 22.4 Å². The Hall–Kier alpha value is -2.97. The van der Waals surface area contributed by atoms with Crippen LogP contribution in [0, 0.1) is 0 Å². The van der Waals surface area contributed by atoms with Gasteiger partial charge in [0, 0.05) is 31.1 Å². The summed E-state index contributed by atoms with van der Waals surface area (Å²) in [6, 6.07) is 12.3. The Morgan fingerprint density at radius 3 is 2.38 bits per heavy atom. The summed E-state index contributed by atoms with van der Waals surface area (Å²) in [5, 5.41) is 0.696. The summed E-state index contributed by atoms with van der Waals surface area (Å²) in [5.41, 5.74) is 1.71. The number of nitrogens with zero attached hydrogens (tertiary/aromatic N) is 1. The first-order chi connectivity index (χ1) is 13.7. The Morgan fingerprint density at radius 1 is 1.07 bits per heavy atom. The molecule has 0 N–H and O–H groups in total. The molecule has 1 heterocycles. The number of sulfonamides is 1. The third kappa shape index (κ3) is 4.38. The molecule has 3 aromatic rings. The van der Waals surface area contributed by atoms with Gasteiger partial charge in [0.15, 0.2) is 0 Å². The molecule has 0 saturated heterocycles. The molecular weight excluding hydrogens is 394 g/mol. The first-order valence-electron chi connectivity index (χ1n) is 8.97. The number of rotatable bonds is 6. The van der Waals surface area contributed by atoms with Gasteiger partial charge in [-0.3, -0.25) is 0 Å². The highest BCUT2D eigenvalue weighted by Crippen LogP contribution is 2.21. The highest BCUT2D eigenvalue weighted by atomic mass is 32.2. The van der Waals surface area contributed by atoms with Crippen LogP contribution in [0.3, 0.4) is 0 Å². The number of esters is 1. The number of carbonyl (C=O) groups excluding carboxylic acids is 1. The summed E-state index contributed by atoms with van der Waals surface area (Å²) in [6.07, 6.45) is 0.804. The lowest BCUT2D eigenvalue weighted by molar-refractivity contribution is 0.0473. The quantitative estimate of drug-likeness (QED) is 0.454. The molecule has 1 aromatic heterocycles. The summed E-state index contributed by atoms with van der Waals surface area (Å²) in [4.78, 5) is 24.3. The van der Waals surface area contributed by atoms with Gasteiger partial charge in [0.05, 0.1) is 10.5 Å². The molecule has 0 amide bonds. The first kappa shape index (κ1) is 20.8. The number of benzene rings is 2. The molecule has 0 unspecified atom stereocenters. The van der Waals surface area contributed by atoms with E-state index < -0.39 is 21.6 Å². The minimum atomic E-state index is -3.57. The summed E-state index contributed by atoms with van der Waals surface area (Å²) in [5.74, 6) is -0.620. The smallest absolute Gasteiger partial charge is 0.338 e. The summed E-state index contributed by atoms with van der Waals surface area (Å²) in [7, 11) is -0.709. The van der Waals surface area contributed by atoms with Crippen molar-refractivity contribution in [3.8, 4) is 0 Å². The second-order valence-electron chi connectivity index (χ2n) is 6.66. The molecule has 7 nitrogen and oxygen atoms in total. The van der Waals surface area contributed by atoms with Crippen LogP contribution in [-0.4, -0.2) is 32.8 Å².